The van der Waals surface area contributed by atoms with E-state index in [1.807, 2.05) is 0 Å². The second kappa shape index (κ2) is 5.36. The topological polar surface area (TPSA) is 52.6 Å². The minimum atomic E-state index is -0.653. The summed E-state index contributed by atoms with van der Waals surface area (Å²) in [4.78, 5) is 13.9. The summed E-state index contributed by atoms with van der Waals surface area (Å²) in [5.41, 5.74) is -0.652. The maximum atomic E-state index is 11.6. The van der Waals surface area contributed by atoms with Gasteiger partial charge in [0.15, 0.2) is 0 Å². The van der Waals surface area contributed by atoms with Crippen LogP contribution in [0.1, 0.15) is 45.4 Å². The number of rotatable bonds is 4. The summed E-state index contributed by atoms with van der Waals surface area (Å²) in [5.74, 6) is -0.653. The molecule has 2 fully saturated rings. The molecule has 0 aromatic heterocycles. The fourth-order valence-corrected chi connectivity index (χ4v) is 3.13. The van der Waals surface area contributed by atoms with Gasteiger partial charge in [0.1, 0.15) is 5.54 Å². The van der Waals surface area contributed by atoms with Crippen molar-refractivity contribution in [2.45, 2.75) is 57.0 Å². The molecular weight excluding hydrogens is 216 g/mol. The molecule has 0 aromatic rings. The molecular formula is C13H24N2O2. The summed E-state index contributed by atoms with van der Waals surface area (Å²) >= 11 is 0. The van der Waals surface area contributed by atoms with Crippen molar-refractivity contribution in [1.82, 2.24) is 10.2 Å². The summed E-state index contributed by atoms with van der Waals surface area (Å²) in [7, 11) is 0. The van der Waals surface area contributed by atoms with Crippen molar-refractivity contribution in [3.63, 3.8) is 0 Å². The predicted molar refractivity (Wildman–Crippen MR) is 67.1 cm³/mol. The minimum Gasteiger partial charge on any atom is -0.480 e. The third-order valence-electron chi connectivity index (χ3n) is 4.40. The predicted octanol–water partition coefficient (Wildman–Crippen LogP) is 1.46. The fourth-order valence-electron chi connectivity index (χ4n) is 3.13. The number of carboxylic acid groups (broad SMARTS) is 1. The van der Waals surface area contributed by atoms with E-state index in [1.165, 1.54) is 12.8 Å². The molecule has 4 nitrogen and oxygen atoms in total. The first-order valence-corrected chi connectivity index (χ1v) is 6.90. The van der Waals surface area contributed by atoms with Crippen LogP contribution in [0.2, 0.25) is 0 Å². The van der Waals surface area contributed by atoms with Crippen molar-refractivity contribution >= 4 is 5.97 Å². The molecule has 0 radical (unpaired) electrons. The average molecular weight is 240 g/mol. The van der Waals surface area contributed by atoms with E-state index in [0.717, 1.165) is 45.3 Å². The molecule has 2 aliphatic rings. The molecule has 2 rings (SSSR count). The zero-order valence-corrected chi connectivity index (χ0v) is 10.7. The quantitative estimate of drug-likeness (QED) is 0.781. The molecule has 17 heavy (non-hydrogen) atoms. The normalized spacial score (nSPS) is 26.2. The van der Waals surface area contributed by atoms with Crippen molar-refractivity contribution in [3.8, 4) is 0 Å². The Hall–Kier alpha value is -0.610. The van der Waals surface area contributed by atoms with E-state index in [1.54, 1.807) is 0 Å². The third-order valence-corrected chi connectivity index (χ3v) is 4.40. The van der Waals surface area contributed by atoms with Gasteiger partial charge in [-0.15, -0.1) is 0 Å². The highest BCUT2D eigenvalue weighted by Crippen LogP contribution is 2.27. The fraction of sp³-hybridized carbons (Fsp3) is 0.923. The van der Waals surface area contributed by atoms with Crippen molar-refractivity contribution in [1.29, 1.82) is 0 Å². The Morgan fingerprint density at radius 2 is 1.94 bits per heavy atom. The summed E-state index contributed by atoms with van der Waals surface area (Å²) in [6, 6.07) is 0.430. The van der Waals surface area contributed by atoms with Crippen LogP contribution in [0.3, 0.4) is 0 Å². The second-order valence-corrected chi connectivity index (χ2v) is 5.45. The van der Waals surface area contributed by atoms with Crippen LogP contribution in [0, 0.1) is 0 Å². The van der Waals surface area contributed by atoms with Gasteiger partial charge in [0.25, 0.3) is 0 Å². The summed E-state index contributed by atoms with van der Waals surface area (Å²) < 4.78 is 0. The van der Waals surface area contributed by atoms with Crippen LogP contribution in [0.4, 0.5) is 0 Å². The first-order chi connectivity index (χ1) is 8.16. The van der Waals surface area contributed by atoms with Crippen LogP contribution in [0.5, 0.6) is 0 Å². The number of piperidine rings is 1. The maximum absolute atomic E-state index is 11.6. The lowest BCUT2D eigenvalue weighted by atomic mass is 9.86. The van der Waals surface area contributed by atoms with Gasteiger partial charge in [-0.1, -0.05) is 19.8 Å². The largest absolute Gasteiger partial charge is 0.480 e. The number of aliphatic carboxylic acids is 1. The van der Waals surface area contributed by atoms with Gasteiger partial charge in [0, 0.05) is 19.1 Å². The van der Waals surface area contributed by atoms with E-state index in [0.29, 0.717) is 6.04 Å². The van der Waals surface area contributed by atoms with Crippen LogP contribution < -0.4 is 5.32 Å². The Balaban J connectivity index is 1.98. The smallest absolute Gasteiger partial charge is 0.324 e. The third kappa shape index (κ3) is 2.80. The zero-order valence-electron chi connectivity index (χ0n) is 10.7. The highest BCUT2D eigenvalue weighted by molar-refractivity contribution is 5.79. The van der Waals surface area contributed by atoms with Crippen molar-refractivity contribution in [2.24, 2.45) is 0 Å². The molecule has 0 unspecified atom stereocenters. The Morgan fingerprint density at radius 3 is 2.41 bits per heavy atom. The number of hydrogen-bond donors (Lipinski definition) is 2. The van der Waals surface area contributed by atoms with Crippen LogP contribution >= 0.6 is 0 Å². The molecule has 1 saturated heterocycles. The minimum absolute atomic E-state index is 0.430. The van der Waals surface area contributed by atoms with Crippen LogP contribution in [0.25, 0.3) is 0 Å². The monoisotopic (exact) mass is 240 g/mol. The highest BCUT2D eigenvalue weighted by Gasteiger charge is 2.42. The van der Waals surface area contributed by atoms with E-state index >= 15 is 0 Å². The van der Waals surface area contributed by atoms with E-state index in [-0.39, 0.29) is 0 Å². The lowest BCUT2D eigenvalue weighted by Crippen LogP contribution is -2.60. The van der Waals surface area contributed by atoms with Crippen LogP contribution in [-0.4, -0.2) is 47.2 Å². The van der Waals surface area contributed by atoms with Gasteiger partial charge in [-0.2, -0.15) is 0 Å². The molecule has 1 heterocycles. The van der Waals surface area contributed by atoms with Crippen LogP contribution in [0.15, 0.2) is 0 Å². The van der Waals surface area contributed by atoms with Gasteiger partial charge in [-0.3, -0.25) is 10.1 Å². The summed E-state index contributed by atoms with van der Waals surface area (Å²) in [5, 5.41) is 13.0. The number of nitrogens with one attached hydrogen (secondary N) is 1. The molecule has 0 amide bonds. The van der Waals surface area contributed by atoms with Crippen molar-refractivity contribution in [2.75, 3.05) is 19.6 Å². The molecule has 0 spiro atoms. The Kier molecular flexibility index (Phi) is 4.05. The van der Waals surface area contributed by atoms with Gasteiger partial charge in [-0.05, 0) is 32.2 Å². The van der Waals surface area contributed by atoms with Gasteiger partial charge in [0.05, 0.1) is 0 Å². The number of likely N-dealkylation sites (tertiary alicyclic amines) is 1. The molecule has 0 bridgehead atoms. The molecule has 0 atom stereocenters. The number of carbonyl (C=O) groups is 1. The molecule has 2 N–H and O–H groups in total. The summed E-state index contributed by atoms with van der Waals surface area (Å²) in [6.45, 7) is 4.97. The SMILES string of the molecule is CCN1CCC(NC2CCCC2)(C(=O)O)CC1. The lowest BCUT2D eigenvalue weighted by Gasteiger charge is -2.40. The maximum Gasteiger partial charge on any atom is 0.324 e. The van der Waals surface area contributed by atoms with Crippen LogP contribution in [-0.2, 0) is 4.79 Å². The number of carboxylic acids is 1. The Morgan fingerprint density at radius 1 is 1.35 bits per heavy atom. The molecule has 0 aromatic carbocycles. The molecule has 1 aliphatic heterocycles. The Bertz CT molecular complexity index is 267. The van der Waals surface area contributed by atoms with Crippen molar-refractivity contribution < 1.29 is 9.90 Å². The van der Waals surface area contributed by atoms with Gasteiger partial charge in [0.2, 0.25) is 0 Å². The van der Waals surface area contributed by atoms with E-state index in [4.69, 9.17) is 0 Å². The van der Waals surface area contributed by atoms with E-state index in [9.17, 15) is 9.90 Å². The molecule has 1 saturated carbocycles. The van der Waals surface area contributed by atoms with Gasteiger partial charge in [-0.25, -0.2) is 0 Å². The molecule has 4 heteroatoms. The van der Waals surface area contributed by atoms with Gasteiger partial charge < -0.3 is 10.0 Å². The highest BCUT2D eigenvalue weighted by atomic mass is 16.4. The zero-order chi connectivity index (χ0) is 12.3. The number of hydrogen-bond acceptors (Lipinski definition) is 3. The lowest BCUT2D eigenvalue weighted by molar-refractivity contribution is -0.147. The second-order valence-electron chi connectivity index (χ2n) is 5.45. The van der Waals surface area contributed by atoms with Crippen molar-refractivity contribution in [3.05, 3.63) is 0 Å². The first kappa shape index (κ1) is 12.8. The molecule has 98 valence electrons. The first-order valence-electron chi connectivity index (χ1n) is 6.90. The molecule has 1 aliphatic carbocycles. The summed E-state index contributed by atoms with van der Waals surface area (Å²) in [6.07, 6.45) is 6.27. The van der Waals surface area contributed by atoms with E-state index in [2.05, 4.69) is 17.1 Å². The standard InChI is InChI=1S/C13H24N2O2/c1-2-15-9-7-13(8-10-15,12(16)17)14-11-5-3-4-6-11/h11,14H,2-10H2,1H3,(H,16,17). The number of nitrogens with zero attached hydrogens (tertiary/aromatic N) is 1. The average Bonchev–Trinajstić information content (AvgIpc) is 2.82. The van der Waals surface area contributed by atoms with Gasteiger partial charge >= 0.3 is 5.97 Å². The Labute approximate surface area is 103 Å². The van der Waals surface area contributed by atoms with E-state index < -0.39 is 11.5 Å².